The molecule has 7 heteroatoms. The minimum absolute atomic E-state index is 0.0894. The van der Waals surface area contributed by atoms with Crippen molar-refractivity contribution in [3.05, 3.63) is 230 Å². The van der Waals surface area contributed by atoms with Crippen molar-refractivity contribution in [2.75, 3.05) is 9.80 Å². The lowest BCUT2D eigenvalue weighted by atomic mass is 9.45. The fourth-order valence-electron chi connectivity index (χ4n) is 11.8. The van der Waals surface area contributed by atoms with Crippen LogP contribution >= 0.6 is 0 Å². The van der Waals surface area contributed by atoms with Gasteiger partial charge < -0.3 is 28.2 Å². The van der Waals surface area contributed by atoms with Gasteiger partial charge in [0.25, 0.3) is 0 Å². The fraction of sp³-hybridized carbons (Fsp3) is 0.0606. The Balaban J connectivity index is 1.11. The Labute approximate surface area is 423 Å². The van der Waals surface area contributed by atoms with Crippen molar-refractivity contribution >= 4 is 84.9 Å². The van der Waals surface area contributed by atoms with E-state index in [9.17, 15) is 0 Å². The number of ether oxygens (including phenoxy) is 2. The zero-order chi connectivity index (χ0) is 48.5. The number of para-hydroxylation sites is 5. The number of aromatic nitrogens is 1. The van der Waals surface area contributed by atoms with Crippen LogP contribution in [-0.2, 0) is 5.41 Å². The average Bonchev–Trinajstić information content (AvgIpc) is 3.99. The molecule has 0 amide bonds. The molecule has 0 atom stereocenters. The van der Waals surface area contributed by atoms with Gasteiger partial charge in [0.2, 0.25) is 0 Å². The van der Waals surface area contributed by atoms with Gasteiger partial charge in [0.15, 0.2) is 28.7 Å². The van der Waals surface area contributed by atoms with E-state index in [2.05, 4.69) is 235 Å². The van der Waals surface area contributed by atoms with Crippen molar-refractivity contribution in [2.24, 2.45) is 0 Å². The predicted molar refractivity (Wildman–Crippen MR) is 301 cm³/mol. The van der Waals surface area contributed by atoms with Gasteiger partial charge in [-0.15, -0.1) is 0 Å². The average molecular weight is 940 g/mol. The highest BCUT2D eigenvalue weighted by Crippen LogP contribution is 2.55. The Morgan fingerprint density at radius 1 is 0.452 bits per heavy atom. The SMILES string of the molecule is CC(C)(C)c1ccc(N2c3cc4c(cc3B3c5c(cc(-c6ccccc6)cc52)-c2ccc(N(c5ccccc5)c5ccccc5)c5c6c7ccccc7oc6n3c25)Oc2ccccc2O4)c(-c2ccccc2)c1. The normalized spacial score (nSPS) is 13.0. The largest absolute Gasteiger partial charge is 0.450 e. The minimum Gasteiger partial charge on any atom is -0.450 e. The van der Waals surface area contributed by atoms with Crippen molar-refractivity contribution in [2.45, 2.75) is 26.2 Å². The predicted octanol–water partition coefficient (Wildman–Crippen LogP) is 17.0. The minimum atomic E-state index is -0.355. The van der Waals surface area contributed by atoms with E-state index in [-0.39, 0.29) is 12.3 Å². The lowest BCUT2D eigenvalue weighted by molar-refractivity contribution is 0.360. The van der Waals surface area contributed by atoms with E-state index >= 15 is 0 Å². The van der Waals surface area contributed by atoms with Crippen LogP contribution in [0.1, 0.15) is 26.3 Å². The summed E-state index contributed by atoms with van der Waals surface area (Å²) in [5.74, 6) is 2.69. The van der Waals surface area contributed by atoms with Crippen LogP contribution in [0.2, 0.25) is 0 Å². The second kappa shape index (κ2) is 15.7. The molecule has 0 bridgehead atoms. The zero-order valence-electron chi connectivity index (χ0n) is 40.5. The molecule has 3 aliphatic heterocycles. The molecule has 0 aliphatic carbocycles. The van der Waals surface area contributed by atoms with Gasteiger partial charge in [-0.3, -0.25) is 0 Å². The molecule has 0 saturated heterocycles. The molecule has 0 unspecified atom stereocenters. The summed E-state index contributed by atoms with van der Waals surface area (Å²) in [6.45, 7) is 6.51. The van der Waals surface area contributed by atoms with Gasteiger partial charge in [0.1, 0.15) is 5.58 Å². The molecule has 0 radical (unpaired) electrons. The summed E-state index contributed by atoms with van der Waals surface area (Å²) in [5, 5.41) is 3.28. The third-order valence-corrected chi connectivity index (χ3v) is 15.1. The Kier molecular flexibility index (Phi) is 8.91. The number of hydrogen-bond donors (Lipinski definition) is 0. The van der Waals surface area contributed by atoms with Crippen LogP contribution in [0.25, 0.3) is 66.4 Å². The highest BCUT2D eigenvalue weighted by atomic mass is 16.6. The maximum absolute atomic E-state index is 7.28. The van der Waals surface area contributed by atoms with Crippen molar-refractivity contribution in [3.8, 4) is 56.4 Å². The van der Waals surface area contributed by atoms with Crippen molar-refractivity contribution < 1.29 is 13.9 Å². The van der Waals surface area contributed by atoms with Gasteiger partial charge in [0, 0.05) is 56.2 Å². The van der Waals surface area contributed by atoms with E-state index in [1.165, 1.54) is 16.6 Å². The van der Waals surface area contributed by atoms with Gasteiger partial charge in [-0.05, 0) is 123 Å². The fourth-order valence-corrected chi connectivity index (χ4v) is 11.8. The highest BCUT2D eigenvalue weighted by molar-refractivity contribution is 6.90. The maximum atomic E-state index is 7.28. The van der Waals surface area contributed by atoms with Crippen LogP contribution in [0.5, 0.6) is 23.0 Å². The van der Waals surface area contributed by atoms with Gasteiger partial charge in [-0.25, -0.2) is 0 Å². The number of rotatable bonds is 6. The van der Waals surface area contributed by atoms with Crippen LogP contribution in [0.15, 0.2) is 229 Å². The van der Waals surface area contributed by atoms with E-state index in [0.717, 1.165) is 100 Å². The quantitative estimate of drug-likeness (QED) is 0.155. The standard InChI is InChI=1S/C66H46BN3O3/c1-66(2,3)44-32-34-52(49(38-44)42-22-10-5-11-23-42)69-54-40-60-59(71-57-30-18-19-31-58(57)72-60)39-51(54)67-63-50(36-43(37-55(63)69)41-20-8-4-9-21-41)47-33-35-53(68(45-24-12-6-13-25-45)46-26-14-7-15-27-46)62-61-48-28-16-17-29-56(48)73-65(61)70(67)64(47)62/h4-40H,1-3H3. The van der Waals surface area contributed by atoms with Crippen LogP contribution in [0.4, 0.5) is 34.1 Å². The number of hydrogen-bond acceptors (Lipinski definition) is 5. The molecule has 15 rings (SSSR count). The summed E-state index contributed by atoms with van der Waals surface area (Å²) in [5.41, 5.74) is 19.4. The molecule has 73 heavy (non-hydrogen) atoms. The lowest BCUT2D eigenvalue weighted by Gasteiger charge is -2.42. The van der Waals surface area contributed by atoms with Crippen LogP contribution < -0.4 is 30.2 Å². The van der Waals surface area contributed by atoms with Crippen LogP contribution in [0.3, 0.4) is 0 Å². The molecule has 3 aliphatic rings. The van der Waals surface area contributed by atoms with E-state index in [4.69, 9.17) is 13.9 Å². The van der Waals surface area contributed by atoms with Crippen LogP contribution in [0, 0.1) is 0 Å². The second-order valence-corrected chi connectivity index (χ2v) is 20.4. The smallest absolute Gasteiger partial charge is 0.336 e. The summed E-state index contributed by atoms with van der Waals surface area (Å²) in [6.07, 6.45) is 0. The van der Waals surface area contributed by atoms with Gasteiger partial charge in [-0.1, -0.05) is 160 Å². The molecule has 5 heterocycles. The van der Waals surface area contributed by atoms with Gasteiger partial charge in [0.05, 0.1) is 16.8 Å². The zero-order valence-corrected chi connectivity index (χ0v) is 40.5. The Bertz CT molecular complexity index is 4160. The Hall–Kier alpha value is -9.20. The maximum Gasteiger partial charge on any atom is 0.336 e. The van der Waals surface area contributed by atoms with Crippen molar-refractivity contribution in [3.63, 3.8) is 0 Å². The van der Waals surface area contributed by atoms with E-state index < -0.39 is 0 Å². The molecule has 2 aromatic heterocycles. The summed E-state index contributed by atoms with van der Waals surface area (Å²) < 4.78 is 23.5. The summed E-state index contributed by atoms with van der Waals surface area (Å²) in [4.78, 5) is 4.90. The highest BCUT2D eigenvalue weighted by Gasteiger charge is 2.46. The van der Waals surface area contributed by atoms with E-state index in [1.807, 2.05) is 24.3 Å². The first-order valence-electron chi connectivity index (χ1n) is 25.1. The number of fused-ring (bicyclic) bond motifs is 11. The third kappa shape index (κ3) is 6.25. The van der Waals surface area contributed by atoms with E-state index in [0.29, 0.717) is 23.0 Å². The van der Waals surface area contributed by atoms with E-state index in [1.54, 1.807) is 0 Å². The number of benzene rings is 10. The Morgan fingerprint density at radius 3 is 1.75 bits per heavy atom. The lowest BCUT2D eigenvalue weighted by Crippen LogP contribution is -2.56. The third-order valence-electron chi connectivity index (χ3n) is 15.1. The molecule has 12 aromatic rings. The monoisotopic (exact) mass is 939 g/mol. The number of anilines is 6. The second-order valence-electron chi connectivity index (χ2n) is 20.4. The molecule has 0 N–H and O–H groups in total. The molecule has 346 valence electrons. The molecule has 0 fully saturated rings. The molecule has 10 aromatic carbocycles. The molecular weight excluding hydrogens is 894 g/mol. The van der Waals surface area contributed by atoms with Gasteiger partial charge >= 0.3 is 6.85 Å². The number of furan rings is 1. The first kappa shape index (κ1) is 41.6. The number of nitrogens with zero attached hydrogens (tertiary/aromatic N) is 3. The molecule has 6 nitrogen and oxygen atoms in total. The summed E-state index contributed by atoms with van der Waals surface area (Å²) in [6, 6.07) is 80.5. The van der Waals surface area contributed by atoms with Crippen LogP contribution in [-0.4, -0.2) is 11.3 Å². The summed E-state index contributed by atoms with van der Waals surface area (Å²) in [7, 11) is 0. The van der Waals surface area contributed by atoms with Crippen molar-refractivity contribution in [1.82, 2.24) is 4.48 Å². The molecule has 0 spiro atoms. The topological polar surface area (TPSA) is 43.0 Å². The summed E-state index contributed by atoms with van der Waals surface area (Å²) >= 11 is 0. The molecule has 0 saturated carbocycles. The first-order valence-corrected chi connectivity index (χ1v) is 25.1. The van der Waals surface area contributed by atoms with Crippen molar-refractivity contribution in [1.29, 1.82) is 0 Å². The van der Waals surface area contributed by atoms with Gasteiger partial charge in [-0.2, -0.15) is 0 Å². The first-order chi connectivity index (χ1) is 35.9. The Morgan fingerprint density at radius 2 is 1.07 bits per heavy atom. The molecular formula is C66H46BN3O3.